The number of benzene rings is 1. The van der Waals surface area contributed by atoms with Crippen LogP contribution in [0.2, 0.25) is 0 Å². The number of halogens is 1. The van der Waals surface area contributed by atoms with Crippen LogP contribution in [0.4, 0.5) is 10.1 Å². The van der Waals surface area contributed by atoms with Gasteiger partial charge in [0.1, 0.15) is 10.8 Å². The smallest absolute Gasteiger partial charge is 0.124 e. The van der Waals surface area contributed by atoms with Crippen LogP contribution in [0.15, 0.2) is 18.2 Å². The topological polar surface area (TPSA) is 38.0 Å². The molecule has 0 aromatic heterocycles. The van der Waals surface area contributed by atoms with Gasteiger partial charge in [0.2, 0.25) is 0 Å². The predicted molar refractivity (Wildman–Crippen MR) is 74.8 cm³/mol. The third kappa shape index (κ3) is 3.66. The van der Waals surface area contributed by atoms with Gasteiger partial charge in [0.25, 0.3) is 0 Å². The molecule has 0 aliphatic carbocycles. The summed E-state index contributed by atoms with van der Waals surface area (Å²) >= 11 is 4.94. The normalized spacial score (nSPS) is 12.5. The molecule has 1 aromatic carbocycles. The molecule has 94 valence electrons. The highest BCUT2D eigenvalue weighted by Crippen LogP contribution is 2.21. The Bertz CT molecular complexity index is 404. The number of hydrogen-bond acceptors (Lipinski definition) is 2. The van der Waals surface area contributed by atoms with Crippen LogP contribution in [0.3, 0.4) is 0 Å². The zero-order chi connectivity index (χ0) is 13.0. The quantitative estimate of drug-likeness (QED) is 0.792. The zero-order valence-electron chi connectivity index (χ0n) is 10.5. The minimum atomic E-state index is -0.323. The van der Waals surface area contributed by atoms with Crippen molar-refractivity contribution in [2.24, 2.45) is 11.7 Å². The van der Waals surface area contributed by atoms with Crippen molar-refractivity contribution in [3.05, 3.63) is 29.6 Å². The van der Waals surface area contributed by atoms with Gasteiger partial charge in [-0.3, -0.25) is 0 Å². The molecule has 3 N–H and O–H groups in total. The van der Waals surface area contributed by atoms with Gasteiger partial charge in [-0.1, -0.05) is 33.0 Å². The highest BCUT2D eigenvalue weighted by atomic mass is 32.1. The number of nitrogens with two attached hydrogens (primary N) is 1. The van der Waals surface area contributed by atoms with Crippen LogP contribution >= 0.6 is 12.2 Å². The predicted octanol–water partition coefficient (Wildman–Crippen LogP) is 3.31. The van der Waals surface area contributed by atoms with E-state index in [-0.39, 0.29) is 10.8 Å². The van der Waals surface area contributed by atoms with E-state index in [0.717, 1.165) is 12.1 Å². The summed E-state index contributed by atoms with van der Waals surface area (Å²) in [5.41, 5.74) is 6.98. The Morgan fingerprint density at radius 2 is 2.12 bits per heavy atom. The van der Waals surface area contributed by atoms with Crippen molar-refractivity contribution in [3.63, 3.8) is 0 Å². The van der Waals surface area contributed by atoms with Gasteiger partial charge in [-0.15, -0.1) is 0 Å². The van der Waals surface area contributed by atoms with E-state index in [2.05, 4.69) is 26.1 Å². The Balaban J connectivity index is 3.01. The largest absolute Gasteiger partial charge is 0.389 e. The molecule has 0 aliphatic heterocycles. The van der Waals surface area contributed by atoms with Crippen molar-refractivity contribution >= 4 is 22.9 Å². The Hall–Kier alpha value is -1.16. The van der Waals surface area contributed by atoms with E-state index in [1.165, 1.54) is 12.1 Å². The fourth-order valence-corrected chi connectivity index (χ4v) is 1.95. The van der Waals surface area contributed by atoms with E-state index < -0.39 is 0 Å². The summed E-state index contributed by atoms with van der Waals surface area (Å²) in [7, 11) is 0. The summed E-state index contributed by atoms with van der Waals surface area (Å²) in [4.78, 5) is 0.214. The van der Waals surface area contributed by atoms with Crippen LogP contribution in [0.5, 0.6) is 0 Å². The summed E-state index contributed by atoms with van der Waals surface area (Å²) in [6.45, 7) is 6.40. The molecule has 0 spiro atoms. The van der Waals surface area contributed by atoms with Gasteiger partial charge in [0.15, 0.2) is 0 Å². The second-order valence-electron chi connectivity index (χ2n) is 4.46. The Kier molecular flexibility index (Phi) is 4.87. The molecule has 0 saturated heterocycles. The average Bonchev–Trinajstić information content (AvgIpc) is 2.26. The van der Waals surface area contributed by atoms with E-state index in [1.807, 2.05) is 0 Å². The molecule has 1 unspecified atom stereocenters. The van der Waals surface area contributed by atoms with Gasteiger partial charge in [-0.2, -0.15) is 0 Å². The molecule has 0 aliphatic rings. The minimum absolute atomic E-state index is 0.214. The number of thiocarbonyl (C=S) groups is 1. The molecular formula is C13H19FN2S. The minimum Gasteiger partial charge on any atom is -0.389 e. The third-order valence-electron chi connectivity index (χ3n) is 2.83. The first-order chi connectivity index (χ1) is 7.95. The number of rotatable bonds is 5. The van der Waals surface area contributed by atoms with Gasteiger partial charge in [0.05, 0.1) is 0 Å². The molecule has 0 heterocycles. The van der Waals surface area contributed by atoms with Crippen LogP contribution < -0.4 is 11.1 Å². The maximum Gasteiger partial charge on any atom is 0.124 e. The van der Waals surface area contributed by atoms with Crippen molar-refractivity contribution in [2.45, 2.75) is 33.2 Å². The Labute approximate surface area is 107 Å². The van der Waals surface area contributed by atoms with Crippen molar-refractivity contribution in [1.29, 1.82) is 0 Å². The molecule has 0 saturated carbocycles. The first-order valence-corrected chi connectivity index (χ1v) is 6.22. The lowest BCUT2D eigenvalue weighted by Gasteiger charge is -2.23. The molecule has 2 nitrogen and oxygen atoms in total. The van der Waals surface area contributed by atoms with Crippen LogP contribution in [0.1, 0.15) is 32.8 Å². The molecule has 1 atom stereocenters. The Morgan fingerprint density at radius 1 is 1.47 bits per heavy atom. The molecular weight excluding hydrogens is 235 g/mol. The van der Waals surface area contributed by atoms with E-state index in [4.69, 9.17) is 18.0 Å². The molecule has 4 heteroatoms. The van der Waals surface area contributed by atoms with Crippen LogP contribution in [-0.2, 0) is 0 Å². The van der Waals surface area contributed by atoms with Crippen LogP contribution in [-0.4, -0.2) is 11.0 Å². The number of hydrogen-bond donors (Lipinski definition) is 2. The van der Waals surface area contributed by atoms with Crippen molar-refractivity contribution in [1.82, 2.24) is 0 Å². The molecule has 0 radical (unpaired) electrons. The molecule has 0 amide bonds. The number of anilines is 1. The second kappa shape index (κ2) is 5.96. The summed E-state index contributed by atoms with van der Waals surface area (Å²) < 4.78 is 13.1. The van der Waals surface area contributed by atoms with E-state index in [9.17, 15) is 4.39 Å². The van der Waals surface area contributed by atoms with Crippen molar-refractivity contribution in [2.75, 3.05) is 5.32 Å². The fourth-order valence-electron chi connectivity index (χ4n) is 1.79. The van der Waals surface area contributed by atoms with Crippen molar-refractivity contribution in [3.8, 4) is 0 Å². The first-order valence-electron chi connectivity index (χ1n) is 5.81. The van der Waals surface area contributed by atoms with E-state index in [1.54, 1.807) is 6.07 Å². The van der Waals surface area contributed by atoms with Gasteiger partial charge in [-0.05, 0) is 30.5 Å². The highest BCUT2D eigenvalue weighted by molar-refractivity contribution is 7.80. The lowest BCUT2D eigenvalue weighted by Crippen LogP contribution is -2.26. The standard InChI is InChI=1S/C13H19FN2S/c1-4-11(8(2)3)16-12-6-5-9(14)7-10(12)13(15)17/h5-8,11,16H,4H2,1-3H3,(H2,15,17). The molecule has 1 rings (SSSR count). The average molecular weight is 254 g/mol. The maximum atomic E-state index is 13.1. The molecule has 17 heavy (non-hydrogen) atoms. The fraction of sp³-hybridized carbons (Fsp3) is 0.462. The van der Waals surface area contributed by atoms with E-state index in [0.29, 0.717) is 17.5 Å². The van der Waals surface area contributed by atoms with Gasteiger partial charge >= 0.3 is 0 Å². The van der Waals surface area contributed by atoms with Crippen LogP contribution in [0, 0.1) is 11.7 Å². The lowest BCUT2D eigenvalue weighted by molar-refractivity contribution is 0.511. The summed E-state index contributed by atoms with van der Waals surface area (Å²) in [6, 6.07) is 4.80. The summed E-state index contributed by atoms with van der Waals surface area (Å²) in [6.07, 6.45) is 0.992. The maximum absolute atomic E-state index is 13.1. The highest BCUT2D eigenvalue weighted by Gasteiger charge is 2.14. The summed E-state index contributed by atoms with van der Waals surface area (Å²) in [5.74, 6) is 0.167. The van der Waals surface area contributed by atoms with Crippen molar-refractivity contribution < 1.29 is 4.39 Å². The van der Waals surface area contributed by atoms with E-state index >= 15 is 0 Å². The first kappa shape index (κ1) is 13.9. The number of nitrogens with one attached hydrogen (secondary N) is 1. The summed E-state index contributed by atoms with van der Waals surface area (Å²) in [5, 5.41) is 3.37. The lowest BCUT2D eigenvalue weighted by atomic mass is 10.0. The zero-order valence-corrected chi connectivity index (χ0v) is 11.3. The van der Waals surface area contributed by atoms with Gasteiger partial charge in [0, 0.05) is 17.3 Å². The SMILES string of the molecule is CCC(Nc1ccc(F)cc1C(N)=S)C(C)C. The van der Waals surface area contributed by atoms with Gasteiger partial charge < -0.3 is 11.1 Å². The molecule has 0 fully saturated rings. The van der Waals surface area contributed by atoms with Gasteiger partial charge in [-0.25, -0.2) is 4.39 Å². The van der Waals surface area contributed by atoms with Crippen LogP contribution in [0.25, 0.3) is 0 Å². The Morgan fingerprint density at radius 3 is 2.59 bits per heavy atom. The molecule has 0 bridgehead atoms. The molecule has 1 aromatic rings. The monoisotopic (exact) mass is 254 g/mol. The third-order valence-corrected chi connectivity index (χ3v) is 3.05. The second-order valence-corrected chi connectivity index (χ2v) is 4.90.